The third kappa shape index (κ3) is 3.14. The van der Waals surface area contributed by atoms with Crippen molar-refractivity contribution in [1.82, 2.24) is 29.3 Å². The zero-order valence-corrected chi connectivity index (χ0v) is 16.7. The summed E-state index contributed by atoms with van der Waals surface area (Å²) in [6, 6.07) is 9.92. The molecule has 8 nitrogen and oxygen atoms in total. The molecule has 0 saturated carbocycles. The summed E-state index contributed by atoms with van der Waals surface area (Å²) in [6.07, 6.45) is 3.55. The monoisotopic (exact) mass is 409 g/mol. The van der Waals surface area contributed by atoms with Gasteiger partial charge < -0.3 is 14.2 Å². The van der Waals surface area contributed by atoms with Crippen molar-refractivity contribution in [2.45, 2.75) is 13.5 Å². The first-order chi connectivity index (χ1) is 14.3. The van der Waals surface area contributed by atoms with Crippen molar-refractivity contribution in [3.05, 3.63) is 48.0 Å². The van der Waals surface area contributed by atoms with Crippen LogP contribution in [0.1, 0.15) is 6.92 Å². The Labute approximate surface area is 172 Å². The van der Waals surface area contributed by atoms with Gasteiger partial charge in [-0.05, 0) is 12.5 Å². The molecular weight excluding hydrogens is 390 g/mol. The Bertz CT molecular complexity index is 1150. The predicted octanol–water partition coefficient (Wildman–Crippen LogP) is 3.19. The van der Waals surface area contributed by atoms with E-state index in [2.05, 4.69) is 21.9 Å². The first kappa shape index (κ1) is 18.1. The van der Waals surface area contributed by atoms with Crippen molar-refractivity contribution in [3.8, 4) is 17.1 Å². The van der Waals surface area contributed by atoms with E-state index in [0.29, 0.717) is 24.3 Å². The van der Waals surface area contributed by atoms with Gasteiger partial charge in [-0.25, -0.2) is 4.98 Å². The molecule has 4 aromatic rings. The number of fused-ring (bicyclic) bond motifs is 1. The van der Waals surface area contributed by atoms with E-state index in [0.717, 1.165) is 47.7 Å². The van der Waals surface area contributed by atoms with Gasteiger partial charge in [0, 0.05) is 25.2 Å². The summed E-state index contributed by atoms with van der Waals surface area (Å²) in [5.74, 6) is 1.22. The van der Waals surface area contributed by atoms with Gasteiger partial charge in [0.25, 0.3) is 5.95 Å². The van der Waals surface area contributed by atoms with Crippen LogP contribution in [0.3, 0.4) is 0 Å². The highest BCUT2D eigenvalue weighted by atomic mass is 35.5. The van der Waals surface area contributed by atoms with Crippen molar-refractivity contribution in [2.24, 2.45) is 0 Å². The van der Waals surface area contributed by atoms with Crippen molar-refractivity contribution in [1.29, 1.82) is 0 Å². The molecule has 9 heteroatoms. The standard InChI is InChI=1S/C20H20ClN7O/c1-2-26-13-22-16-18(26)24-20(25-19(16)27-8-10-29-11-9-27)28-17(21)15(12-23-28)14-6-4-3-5-7-14/h3-7,12-13H,2,8-11H2,1H3. The molecule has 0 amide bonds. The highest BCUT2D eigenvalue weighted by Gasteiger charge is 2.22. The number of rotatable bonds is 4. The maximum atomic E-state index is 6.69. The molecule has 0 spiro atoms. The Morgan fingerprint density at radius 3 is 2.66 bits per heavy atom. The summed E-state index contributed by atoms with van der Waals surface area (Å²) < 4.78 is 9.08. The smallest absolute Gasteiger partial charge is 0.256 e. The molecule has 0 atom stereocenters. The molecule has 1 fully saturated rings. The summed E-state index contributed by atoms with van der Waals surface area (Å²) in [5, 5.41) is 4.96. The van der Waals surface area contributed by atoms with E-state index in [1.54, 1.807) is 17.2 Å². The van der Waals surface area contributed by atoms with E-state index in [-0.39, 0.29) is 0 Å². The van der Waals surface area contributed by atoms with E-state index >= 15 is 0 Å². The molecule has 0 bridgehead atoms. The quantitative estimate of drug-likeness (QED) is 0.515. The minimum atomic E-state index is 0.432. The number of aryl methyl sites for hydroxylation is 1. The SMILES string of the molecule is CCn1cnc2c(N3CCOCC3)nc(-n3ncc(-c4ccccc4)c3Cl)nc21. The van der Waals surface area contributed by atoms with Crippen LogP contribution in [0.4, 0.5) is 5.82 Å². The van der Waals surface area contributed by atoms with Crippen molar-refractivity contribution in [2.75, 3.05) is 31.2 Å². The first-order valence-electron chi connectivity index (χ1n) is 9.61. The van der Waals surface area contributed by atoms with Gasteiger partial charge in [0.2, 0.25) is 0 Å². The van der Waals surface area contributed by atoms with Gasteiger partial charge in [0.15, 0.2) is 17.0 Å². The van der Waals surface area contributed by atoms with Crippen LogP contribution in [-0.2, 0) is 11.3 Å². The van der Waals surface area contributed by atoms with Crippen LogP contribution in [0, 0.1) is 0 Å². The molecule has 0 aliphatic carbocycles. The van der Waals surface area contributed by atoms with Crippen LogP contribution >= 0.6 is 11.6 Å². The molecule has 0 N–H and O–H groups in total. The minimum absolute atomic E-state index is 0.432. The van der Waals surface area contributed by atoms with Crippen molar-refractivity contribution in [3.63, 3.8) is 0 Å². The van der Waals surface area contributed by atoms with Crippen LogP contribution in [0.25, 0.3) is 28.2 Å². The van der Waals surface area contributed by atoms with Gasteiger partial charge in [0.1, 0.15) is 5.15 Å². The fourth-order valence-electron chi connectivity index (χ4n) is 3.52. The van der Waals surface area contributed by atoms with E-state index in [4.69, 9.17) is 26.3 Å². The van der Waals surface area contributed by atoms with Gasteiger partial charge in [-0.3, -0.25) is 0 Å². The van der Waals surface area contributed by atoms with Gasteiger partial charge in [-0.2, -0.15) is 19.7 Å². The Hall–Kier alpha value is -2.97. The van der Waals surface area contributed by atoms with Gasteiger partial charge in [-0.15, -0.1) is 0 Å². The lowest BCUT2D eigenvalue weighted by Gasteiger charge is -2.28. The second-order valence-corrected chi connectivity index (χ2v) is 7.13. The average molecular weight is 410 g/mol. The summed E-state index contributed by atoms with van der Waals surface area (Å²) in [7, 11) is 0. The maximum absolute atomic E-state index is 6.69. The fraction of sp³-hybridized carbons (Fsp3) is 0.300. The maximum Gasteiger partial charge on any atom is 0.256 e. The number of aromatic nitrogens is 6. The lowest BCUT2D eigenvalue weighted by atomic mass is 10.1. The summed E-state index contributed by atoms with van der Waals surface area (Å²) in [5.41, 5.74) is 3.39. The molecule has 0 radical (unpaired) electrons. The molecule has 0 unspecified atom stereocenters. The van der Waals surface area contributed by atoms with E-state index in [1.807, 2.05) is 34.9 Å². The Balaban J connectivity index is 1.66. The number of ether oxygens (including phenoxy) is 1. The molecule has 1 saturated heterocycles. The number of hydrogen-bond donors (Lipinski definition) is 0. The van der Waals surface area contributed by atoms with Gasteiger partial charge >= 0.3 is 0 Å². The Morgan fingerprint density at radius 1 is 1.10 bits per heavy atom. The van der Waals surface area contributed by atoms with E-state index in [9.17, 15) is 0 Å². The third-order valence-corrected chi connectivity index (χ3v) is 5.43. The molecular formula is C20H20ClN7O. The first-order valence-corrected chi connectivity index (χ1v) is 9.99. The number of hydrogen-bond acceptors (Lipinski definition) is 6. The van der Waals surface area contributed by atoms with Crippen LogP contribution < -0.4 is 4.90 Å². The molecule has 4 heterocycles. The van der Waals surface area contributed by atoms with E-state index in [1.165, 1.54) is 0 Å². The minimum Gasteiger partial charge on any atom is -0.378 e. The third-order valence-electron chi connectivity index (χ3n) is 5.07. The molecule has 148 valence electrons. The van der Waals surface area contributed by atoms with Crippen LogP contribution in [0.15, 0.2) is 42.9 Å². The highest BCUT2D eigenvalue weighted by molar-refractivity contribution is 6.32. The van der Waals surface area contributed by atoms with Crippen molar-refractivity contribution >= 4 is 28.6 Å². The largest absolute Gasteiger partial charge is 0.378 e. The van der Waals surface area contributed by atoms with Crippen LogP contribution in [0.5, 0.6) is 0 Å². The molecule has 5 rings (SSSR count). The molecule has 29 heavy (non-hydrogen) atoms. The zero-order chi connectivity index (χ0) is 19.8. The lowest BCUT2D eigenvalue weighted by Crippen LogP contribution is -2.37. The molecule has 1 aliphatic rings. The number of halogens is 1. The van der Waals surface area contributed by atoms with E-state index < -0.39 is 0 Å². The summed E-state index contributed by atoms with van der Waals surface area (Å²) in [6.45, 7) is 5.66. The Morgan fingerprint density at radius 2 is 1.90 bits per heavy atom. The second-order valence-electron chi connectivity index (χ2n) is 6.78. The number of nitrogens with zero attached hydrogens (tertiary/aromatic N) is 7. The number of imidazole rings is 1. The topological polar surface area (TPSA) is 73.9 Å². The second kappa shape index (κ2) is 7.46. The molecule has 1 aliphatic heterocycles. The van der Waals surface area contributed by atoms with Crippen molar-refractivity contribution < 1.29 is 4.74 Å². The molecule has 3 aromatic heterocycles. The van der Waals surface area contributed by atoms with Crippen LogP contribution in [0.2, 0.25) is 5.15 Å². The number of benzene rings is 1. The highest BCUT2D eigenvalue weighted by Crippen LogP contribution is 2.30. The molecule has 1 aromatic carbocycles. The fourth-order valence-corrected chi connectivity index (χ4v) is 3.80. The van der Waals surface area contributed by atoms with Gasteiger partial charge in [-0.1, -0.05) is 41.9 Å². The number of morpholine rings is 1. The lowest BCUT2D eigenvalue weighted by molar-refractivity contribution is 0.122. The zero-order valence-electron chi connectivity index (χ0n) is 16.0. The van der Waals surface area contributed by atoms with Crippen LogP contribution in [-0.4, -0.2) is 55.6 Å². The summed E-state index contributed by atoms with van der Waals surface area (Å²) >= 11 is 6.69. The predicted molar refractivity (Wildman–Crippen MR) is 112 cm³/mol. The Kier molecular flexibility index (Phi) is 4.65. The van der Waals surface area contributed by atoms with Gasteiger partial charge in [0.05, 0.1) is 25.7 Å². The normalized spacial score (nSPS) is 14.6. The summed E-state index contributed by atoms with van der Waals surface area (Å²) in [4.78, 5) is 16.3. The average Bonchev–Trinajstić information content (AvgIpc) is 3.37. The number of anilines is 1.